The fourth-order valence-corrected chi connectivity index (χ4v) is 3.82. The Bertz CT molecular complexity index is 1040. The maximum Gasteiger partial charge on any atom is 0.335 e. The molecular weight excluding hydrogens is 358 g/mol. The van der Waals surface area contributed by atoms with Gasteiger partial charge in [-0.15, -0.1) is 0 Å². The smallest absolute Gasteiger partial charge is 0.335 e. The van der Waals surface area contributed by atoms with Gasteiger partial charge in [-0.2, -0.15) is 0 Å². The van der Waals surface area contributed by atoms with Gasteiger partial charge < -0.3 is 19.7 Å². The van der Waals surface area contributed by atoms with Crippen LogP contribution in [0.5, 0.6) is 5.75 Å². The van der Waals surface area contributed by atoms with E-state index >= 15 is 0 Å². The minimum atomic E-state index is -1.06. The van der Waals surface area contributed by atoms with Crippen LogP contribution in [0.2, 0.25) is 0 Å². The Morgan fingerprint density at radius 3 is 2.71 bits per heavy atom. The normalized spacial score (nSPS) is 15.0. The number of piperidine rings is 1. The molecule has 2 N–H and O–H groups in total. The number of hydrogen-bond acceptors (Lipinski definition) is 4. The summed E-state index contributed by atoms with van der Waals surface area (Å²) in [5, 5.41) is 10.3. The van der Waals surface area contributed by atoms with Crippen LogP contribution in [-0.4, -0.2) is 52.1 Å². The molecule has 28 heavy (non-hydrogen) atoms. The van der Waals surface area contributed by atoms with Gasteiger partial charge in [-0.3, -0.25) is 9.78 Å². The number of carboxylic acids is 1. The number of rotatable bonds is 4. The molecule has 1 aliphatic rings. The molecule has 0 bridgehead atoms. The van der Waals surface area contributed by atoms with Gasteiger partial charge in [-0.1, -0.05) is 0 Å². The quantitative estimate of drug-likeness (QED) is 0.725. The number of nitrogens with one attached hydrogen (secondary N) is 1. The lowest BCUT2D eigenvalue weighted by Crippen LogP contribution is -2.38. The molecule has 0 atom stereocenters. The summed E-state index contributed by atoms with van der Waals surface area (Å²) in [5.41, 5.74) is 2.56. The molecule has 3 heterocycles. The summed E-state index contributed by atoms with van der Waals surface area (Å²) in [7, 11) is 1.66. The van der Waals surface area contributed by atoms with E-state index in [-0.39, 0.29) is 17.2 Å². The third kappa shape index (κ3) is 3.31. The van der Waals surface area contributed by atoms with E-state index in [4.69, 9.17) is 9.84 Å². The van der Waals surface area contributed by atoms with Crippen LogP contribution >= 0.6 is 0 Å². The fourth-order valence-electron chi connectivity index (χ4n) is 3.82. The van der Waals surface area contributed by atoms with Crippen molar-refractivity contribution in [2.75, 3.05) is 20.2 Å². The first-order valence-electron chi connectivity index (χ1n) is 9.20. The number of aromatic amines is 1. The summed E-state index contributed by atoms with van der Waals surface area (Å²) in [6, 6.07) is 8.71. The lowest BCUT2D eigenvalue weighted by atomic mass is 9.89. The second-order valence-electron chi connectivity index (χ2n) is 6.96. The average molecular weight is 379 g/mol. The Hall–Kier alpha value is -3.35. The number of pyridine rings is 1. The van der Waals surface area contributed by atoms with E-state index < -0.39 is 5.97 Å². The predicted molar refractivity (Wildman–Crippen MR) is 104 cm³/mol. The first-order chi connectivity index (χ1) is 13.6. The minimum absolute atomic E-state index is 0.0703. The van der Waals surface area contributed by atoms with Crippen molar-refractivity contribution in [3.63, 3.8) is 0 Å². The van der Waals surface area contributed by atoms with E-state index in [1.54, 1.807) is 12.0 Å². The van der Waals surface area contributed by atoms with E-state index in [1.807, 2.05) is 24.4 Å². The molecule has 1 aliphatic heterocycles. The number of H-pyrrole nitrogens is 1. The Morgan fingerprint density at radius 1 is 1.21 bits per heavy atom. The van der Waals surface area contributed by atoms with Gasteiger partial charge >= 0.3 is 5.97 Å². The highest BCUT2D eigenvalue weighted by Crippen LogP contribution is 2.34. The molecule has 7 nitrogen and oxygen atoms in total. The second-order valence-corrected chi connectivity index (χ2v) is 6.96. The van der Waals surface area contributed by atoms with Crippen molar-refractivity contribution >= 4 is 22.8 Å². The molecule has 4 rings (SSSR count). The highest BCUT2D eigenvalue weighted by Gasteiger charge is 2.27. The van der Waals surface area contributed by atoms with Gasteiger partial charge in [0.25, 0.3) is 5.91 Å². The number of hydrogen-bond donors (Lipinski definition) is 2. The molecular formula is C21H21N3O4. The van der Waals surface area contributed by atoms with E-state index in [0.29, 0.717) is 19.0 Å². The molecule has 0 spiro atoms. The van der Waals surface area contributed by atoms with Crippen molar-refractivity contribution in [3.05, 3.63) is 59.5 Å². The number of likely N-dealkylation sites (tertiary alicyclic amines) is 1. The van der Waals surface area contributed by atoms with Gasteiger partial charge in [0.15, 0.2) is 0 Å². The Kier molecular flexibility index (Phi) is 4.73. The third-order valence-electron chi connectivity index (χ3n) is 5.37. The van der Waals surface area contributed by atoms with E-state index in [0.717, 1.165) is 29.5 Å². The molecule has 3 aromatic rings. The summed E-state index contributed by atoms with van der Waals surface area (Å²) in [6.45, 7) is 1.22. The number of fused-ring (bicyclic) bond motifs is 1. The first-order valence-corrected chi connectivity index (χ1v) is 9.20. The standard InChI is InChI=1S/C21H21N3O4/c1-28-15-2-3-18-16(11-15)17(12-23-18)13-5-8-24(9-6-13)20(25)19-10-14(21(26)27)4-7-22-19/h2-4,7,10-13,23H,5-6,8-9H2,1H3,(H,26,27). The first kappa shape index (κ1) is 18.0. The number of aromatic nitrogens is 2. The number of nitrogens with zero attached hydrogens (tertiary/aromatic N) is 2. The minimum Gasteiger partial charge on any atom is -0.497 e. The van der Waals surface area contributed by atoms with Crippen LogP contribution in [0.15, 0.2) is 42.7 Å². The summed E-state index contributed by atoms with van der Waals surface area (Å²) >= 11 is 0. The van der Waals surface area contributed by atoms with Crippen molar-refractivity contribution in [1.29, 1.82) is 0 Å². The molecule has 2 aromatic heterocycles. The topological polar surface area (TPSA) is 95.5 Å². The van der Waals surface area contributed by atoms with Crippen LogP contribution in [0.4, 0.5) is 0 Å². The van der Waals surface area contributed by atoms with Crippen molar-refractivity contribution in [2.24, 2.45) is 0 Å². The average Bonchev–Trinajstić information content (AvgIpc) is 3.16. The number of methoxy groups -OCH3 is 1. The van der Waals surface area contributed by atoms with Crippen LogP contribution < -0.4 is 4.74 Å². The van der Waals surface area contributed by atoms with Crippen LogP contribution in [-0.2, 0) is 0 Å². The van der Waals surface area contributed by atoms with Gasteiger partial charge in [0.1, 0.15) is 11.4 Å². The van der Waals surface area contributed by atoms with Gasteiger partial charge in [-0.05, 0) is 54.7 Å². The molecule has 7 heteroatoms. The monoisotopic (exact) mass is 379 g/mol. The van der Waals surface area contributed by atoms with Gasteiger partial charge in [0, 0.05) is 36.4 Å². The molecule has 0 radical (unpaired) electrons. The molecule has 144 valence electrons. The summed E-state index contributed by atoms with van der Waals surface area (Å²) in [4.78, 5) is 32.9. The van der Waals surface area contributed by atoms with Crippen molar-refractivity contribution < 1.29 is 19.4 Å². The zero-order chi connectivity index (χ0) is 19.7. The van der Waals surface area contributed by atoms with Crippen molar-refractivity contribution in [1.82, 2.24) is 14.9 Å². The Labute approximate surface area is 162 Å². The van der Waals surface area contributed by atoms with Crippen LogP contribution in [0.3, 0.4) is 0 Å². The molecule has 0 saturated carbocycles. The Morgan fingerprint density at radius 2 is 2.00 bits per heavy atom. The molecule has 1 saturated heterocycles. The maximum atomic E-state index is 12.7. The zero-order valence-corrected chi connectivity index (χ0v) is 15.5. The SMILES string of the molecule is COc1ccc2[nH]cc(C3CCN(C(=O)c4cc(C(=O)O)ccn4)CC3)c2c1. The van der Waals surface area contributed by atoms with Gasteiger partial charge in [0.2, 0.25) is 0 Å². The molecule has 0 unspecified atom stereocenters. The van der Waals surface area contributed by atoms with Gasteiger partial charge in [0.05, 0.1) is 12.7 Å². The second kappa shape index (κ2) is 7.34. The highest BCUT2D eigenvalue weighted by atomic mass is 16.5. The number of benzene rings is 1. The van der Waals surface area contributed by atoms with Crippen LogP contribution in [0.1, 0.15) is 45.2 Å². The molecule has 1 fully saturated rings. The Balaban J connectivity index is 1.48. The highest BCUT2D eigenvalue weighted by molar-refractivity contribution is 5.96. The number of aromatic carboxylic acids is 1. The largest absolute Gasteiger partial charge is 0.497 e. The van der Waals surface area contributed by atoms with Crippen molar-refractivity contribution in [2.45, 2.75) is 18.8 Å². The summed E-state index contributed by atoms with van der Waals surface area (Å²) in [6.07, 6.45) is 5.09. The summed E-state index contributed by atoms with van der Waals surface area (Å²) < 4.78 is 5.34. The zero-order valence-electron chi connectivity index (χ0n) is 15.5. The maximum absolute atomic E-state index is 12.7. The lowest BCUT2D eigenvalue weighted by molar-refractivity contribution is 0.0696. The van der Waals surface area contributed by atoms with Gasteiger partial charge in [-0.25, -0.2) is 4.79 Å². The number of amides is 1. The number of carboxylic acid groups (broad SMARTS) is 1. The van der Waals surface area contributed by atoms with Crippen LogP contribution in [0, 0.1) is 0 Å². The molecule has 1 amide bonds. The number of ether oxygens (including phenoxy) is 1. The molecule has 0 aliphatic carbocycles. The predicted octanol–water partition coefficient (Wildman–Crippen LogP) is 3.29. The fraction of sp³-hybridized carbons (Fsp3) is 0.286. The number of carbonyl (C=O) groups excluding carboxylic acids is 1. The lowest BCUT2D eigenvalue weighted by Gasteiger charge is -2.31. The third-order valence-corrected chi connectivity index (χ3v) is 5.37. The summed E-state index contributed by atoms with van der Waals surface area (Å²) in [5.74, 6) is -0.111. The number of carbonyl (C=O) groups is 2. The molecule has 1 aromatic carbocycles. The van der Waals surface area contributed by atoms with E-state index in [1.165, 1.54) is 23.9 Å². The van der Waals surface area contributed by atoms with E-state index in [2.05, 4.69) is 9.97 Å². The van der Waals surface area contributed by atoms with Crippen molar-refractivity contribution in [3.8, 4) is 5.75 Å². The van der Waals surface area contributed by atoms with E-state index in [9.17, 15) is 9.59 Å². The van der Waals surface area contributed by atoms with Crippen LogP contribution in [0.25, 0.3) is 10.9 Å².